The van der Waals surface area contributed by atoms with Crippen molar-refractivity contribution in [2.24, 2.45) is 0 Å². The van der Waals surface area contributed by atoms with Crippen molar-refractivity contribution >= 4 is 44.6 Å². The molecule has 0 aliphatic rings. The predicted octanol–water partition coefficient (Wildman–Crippen LogP) is 3.23. The van der Waals surface area contributed by atoms with Crippen LogP contribution in [0.15, 0.2) is 47.2 Å². The molecule has 0 bridgehead atoms. The summed E-state index contributed by atoms with van der Waals surface area (Å²) in [6, 6.07) is 8.54. The molecule has 0 fully saturated rings. The molecule has 1 aromatic carbocycles. The minimum Gasteiger partial charge on any atom is -0.478 e. The van der Waals surface area contributed by atoms with Crippen molar-refractivity contribution in [1.29, 1.82) is 0 Å². The zero-order valence-corrected chi connectivity index (χ0v) is 12.2. The van der Waals surface area contributed by atoms with Crippen molar-refractivity contribution in [3.05, 3.63) is 52.8 Å². The van der Waals surface area contributed by atoms with Crippen LogP contribution < -0.4 is 5.32 Å². The number of nitrogens with zero attached hydrogens (tertiary/aromatic N) is 3. The first kappa shape index (κ1) is 13.4. The van der Waals surface area contributed by atoms with Gasteiger partial charge in [0.25, 0.3) is 0 Å². The van der Waals surface area contributed by atoms with Crippen molar-refractivity contribution in [2.75, 3.05) is 5.32 Å². The number of carboxylic acids is 1. The second-order valence-electron chi connectivity index (χ2n) is 4.22. The summed E-state index contributed by atoms with van der Waals surface area (Å²) in [5.41, 5.74) is 2.04. The minimum absolute atomic E-state index is 0.181. The molecule has 2 aromatic heterocycles. The Labute approximate surface area is 128 Å². The lowest BCUT2D eigenvalue weighted by molar-refractivity contribution is 0.0696. The maximum Gasteiger partial charge on any atom is 0.336 e. The number of carbonyl (C=O) groups is 1. The van der Waals surface area contributed by atoms with E-state index in [-0.39, 0.29) is 5.56 Å². The molecule has 0 aliphatic carbocycles. The smallest absolute Gasteiger partial charge is 0.336 e. The number of benzene rings is 1. The summed E-state index contributed by atoms with van der Waals surface area (Å²) in [6.45, 7) is 0. The summed E-state index contributed by atoms with van der Waals surface area (Å²) in [4.78, 5) is 23.7. The van der Waals surface area contributed by atoms with Crippen LogP contribution in [0, 0.1) is 0 Å². The van der Waals surface area contributed by atoms with E-state index in [1.165, 1.54) is 6.07 Å². The molecule has 0 saturated carbocycles. The summed E-state index contributed by atoms with van der Waals surface area (Å²) in [6.07, 6.45) is 3.17. The first-order valence-electron chi connectivity index (χ1n) is 6.01. The highest BCUT2D eigenvalue weighted by molar-refractivity contribution is 9.10. The summed E-state index contributed by atoms with van der Waals surface area (Å²) in [5.74, 6) is -0.426. The molecule has 6 nitrogen and oxygen atoms in total. The van der Waals surface area contributed by atoms with E-state index in [2.05, 4.69) is 36.2 Å². The third-order valence-electron chi connectivity index (χ3n) is 2.80. The predicted molar refractivity (Wildman–Crippen MR) is 81.7 cm³/mol. The number of carboxylic acid groups (broad SMARTS) is 1. The van der Waals surface area contributed by atoms with E-state index in [1.54, 1.807) is 36.7 Å². The summed E-state index contributed by atoms with van der Waals surface area (Å²) < 4.78 is 0.526. The van der Waals surface area contributed by atoms with Gasteiger partial charge in [0, 0.05) is 22.6 Å². The van der Waals surface area contributed by atoms with Crippen LogP contribution in [0.5, 0.6) is 0 Å². The Balaban J connectivity index is 1.94. The number of hydrogen-bond acceptors (Lipinski definition) is 5. The van der Waals surface area contributed by atoms with E-state index in [1.807, 2.05) is 0 Å². The van der Waals surface area contributed by atoms with E-state index in [0.29, 0.717) is 27.1 Å². The molecule has 0 aliphatic heterocycles. The van der Waals surface area contributed by atoms with Crippen LogP contribution in [0.2, 0.25) is 0 Å². The molecule has 0 spiro atoms. The topological polar surface area (TPSA) is 88.0 Å². The van der Waals surface area contributed by atoms with Gasteiger partial charge in [0.15, 0.2) is 5.65 Å². The number of aromatic nitrogens is 3. The number of halogens is 1. The Morgan fingerprint density at radius 2 is 1.95 bits per heavy atom. The third-order valence-corrected chi connectivity index (χ3v) is 3.49. The Hall–Kier alpha value is -2.54. The van der Waals surface area contributed by atoms with E-state index in [0.717, 1.165) is 0 Å². The van der Waals surface area contributed by atoms with E-state index >= 15 is 0 Å². The number of fused-ring (bicyclic) bond motifs is 1. The van der Waals surface area contributed by atoms with Crippen molar-refractivity contribution < 1.29 is 9.90 Å². The molecule has 21 heavy (non-hydrogen) atoms. The number of rotatable bonds is 3. The van der Waals surface area contributed by atoms with Crippen LogP contribution in [-0.2, 0) is 0 Å². The van der Waals surface area contributed by atoms with Gasteiger partial charge in [-0.25, -0.2) is 14.8 Å². The van der Waals surface area contributed by atoms with Crippen LogP contribution in [0.4, 0.5) is 11.5 Å². The van der Waals surface area contributed by atoms with Crippen molar-refractivity contribution in [1.82, 2.24) is 15.0 Å². The number of hydrogen-bond donors (Lipinski definition) is 2. The SMILES string of the molecule is O=C(O)c1cc(Nc2ccc3nccnc3n2)ccc1Br. The van der Waals surface area contributed by atoms with Crippen LogP contribution in [-0.4, -0.2) is 26.0 Å². The Bertz CT molecular complexity index is 838. The molecule has 0 radical (unpaired) electrons. The fourth-order valence-corrected chi connectivity index (χ4v) is 2.26. The molecule has 0 saturated heterocycles. The molecule has 2 N–H and O–H groups in total. The Kier molecular flexibility index (Phi) is 3.49. The van der Waals surface area contributed by atoms with Crippen molar-refractivity contribution in [3.8, 4) is 0 Å². The van der Waals surface area contributed by atoms with Crippen LogP contribution in [0.1, 0.15) is 10.4 Å². The zero-order valence-electron chi connectivity index (χ0n) is 10.6. The minimum atomic E-state index is -0.997. The number of pyridine rings is 1. The Morgan fingerprint density at radius 1 is 1.14 bits per heavy atom. The molecule has 7 heteroatoms. The highest BCUT2D eigenvalue weighted by Crippen LogP contribution is 2.23. The van der Waals surface area contributed by atoms with Crippen LogP contribution in [0.25, 0.3) is 11.2 Å². The lowest BCUT2D eigenvalue weighted by Gasteiger charge is -2.08. The first-order valence-corrected chi connectivity index (χ1v) is 6.80. The maximum absolute atomic E-state index is 11.1. The average molecular weight is 345 g/mol. The standard InChI is InChI=1S/C14H9BrN4O2/c15-10-2-1-8(7-9(10)14(20)21)18-12-4-3-11-13(19-12)17-6-5-16-11/h1-7H,(H,20,21)(H,17,18,19). The zero-order chi connectivity index (χ0) is 14.8. The normalized spacial score (nSPS) is 10.5. The molecule has 3 aromatic rings. The summed E-state index contributed by atoms with van der Waals surface area (Å²) in [7, 11) is 0. The van der Waals surface area contributed by atoms with E-state index in [4.69, 9.17) is 5.11 Å². The van der Waals surface area contributed by atoms with Gasteiger partial charge in [0.2, 0.25) is 0 Å². The molecule has 104 valence electrons. The van der Waals surface area contributed by atoms with Crippen LogP contribution in [0.3, 0.4) is 0 Å². The van der Waals surface area contributed by atoms with Gasteiger partial charge in [0.1, 0.15) is 11.3 Å². The second kappa shape index (κ2) is 5.45. The average Bonchev–Trinajstić information content (AvgIpc) is 2.49. The molecule has 2 heterocycles. The fraction of sp³-hybridized carbons (Fsp3) is 0. The third kappa shape index (κ3) is 2.82. The second-order valence-corrected chi connectivity index (χ2v) is 5.07. The molecule has 0 atom stereocenters. The quantitative estimate of drug-likeness (QED) is 0.758. The van der Waals surface area contributed by atoms with E-state index < -0.39 is 5.97 Å². The number of anilines is 2. The van der Waals surface area contributed by atoms with Gasteiger partial charge in [-0.15, -0.1) is 0 Å². The van der Waals surface area contributed by atoms with Gasteiger partial charge in [-0.3, -0.25) is 4.98 Å². The molecule has 0 unspecified atom stereocenters. The van der Waals surface area contributed by atoms with Gasteiger partial charge in [-0.2, -0.15) is 0 Å². The van der Waals surface area contributed by atoms with Crippen molar-refractivity contribution in [3.63, 3.8) is 0 Å². The van der Waals surface area contributed by atoms with Gasteiger partial charge in [-0.1, -0.05) is 0 Å². The number of nitrogens with one attached hydrogen (secondary N) is 1. The van der Waals surface area contributed by atoms with E-state index in [9.17, 15) is 4.79 Å². The maximum atomic E-state index is 11.1. The molecule has 0 amide bonds. The van der Waals surface area contributed by atoms with Gasteiger partial charge in [-0.05, 0) is 46.3 Å². The largest absolute Gasteiger partial charge is 0.478 e. The van der Waals surface area contributed by atoms with Crippen molar-refractivity contribution in [2.45, 2.75) is 0 Å². The monoisotopic (exact) mass is 344 g/mol. The molecular weight excluding hydrogens is 336 g/mol. The highest BCUT2D eigenvalue weighted by Gasteiger charge is 2.09. The molecular formula is C14H9BrN4O2. The summed E-state index contributed by atoms with van der Waals surface area (Å²) >= 11 is 3.21. The van der Waals surface area contributed by atoms with Gasteiger partial charge in [0.05, 0.1) is 5.56 Å². The number of aromatic carboxylic acids is 1. The lowest BCUT2D eigenvalue weighted by atomic mass is 10.2. The van der Waals surface area contributed by atoms with Gasteiger partial charge >= 0.3 is 5.97 Å². The Morgan fingerprint density at radius 3 is 2.76 bits per heavy atom. The lowest BCUT2D eigenvalue weighted by Crippen LogP contribution is -2.00. The summed E-state index contributed by atoms with van der Waals surface area (Å²) in [5, 5.41) is 12.2. The van der Waals surface area contributed by atoms with Gasteiger partial charge < -0.3 is 10.4 Å². The first-order chi connectivity index (χ1) is 10.1. The highest BCUT2D eigenvalue weighted by atomic mass is 79.9. The fourth-order valence-electron chi connectivity index (χ4n) is 1.84. The molecule has 3 rings (SSSR count). The van der Waals surface area contributed by atoms with Crippen LogP contribution >= 0.6 is 15.9 Å².